The summed E-state index contributed by atoms with van der Waals surface area (Å²) in [6.07, 6.45) is 3.16. The minimum atomic E-state index is -0.515. The molecular formula is C22H15ClFN5O2S. The summed E-state index contributed by atoms with van der Waals surface area (Å²) in [5, 5.41) is 15.1. The summed E-state index contributed by atoms with van der Waals surface area (Å²) in [5.41, 5.74) is 3.23. The zero-order chi connectivity index (χ0) is 22.6. The molecule has 2 aliphatic heterocycles. The highest BCUT2D eigenvalue weighted by Gasteiger charge is 2.36. The van der Waals surface area contributed by atoms with Crippen molar-refractivity contribution < 1.29 is 13.6 Å². The molecule has 0 unspecified atom stereocenters. The first-order chi connectivity index (χ1) is 15.3. The number of hydrogen-bond donors (Lipinski definition) is 1. The average Bonchev–Trinajstić information content (AvgIpc) is 3.47. The molecule has 0 saturated heterocycles. The number of aromatic nitrogens is 1. The summed E-state index contributed by atoms with van der Waals surface area (Å²) in [5.74, 6) is -0.532. The van der Waals surface area contributed by atoms with Crippen LogP contribution in [0.1, 0.15) is 22.7 Å². The lowest BCUT2D eigenvalue weighted by Crippen LogP contribution is -2.35. The Kier molecular flexibility index (Phi) is 4.87. The van der Waals surface area contributed by atoms with E-state index in [0.717, 1.165) is 17.0 Å². The third-order valence-electron chi connectivity index (χ3n) is 5.12. The summed E-state index contributed by atoms with van der Waals surface area (Å²) < 4.78 is 20.9. The van der Waals surface area contributed by atoms with E-state index in [4.69, 9.17) is 21.4 Å². The smallest absolute Gasteiger partial charge is 0.283 e. The number of carbonyl (C=O) groups excluding carboxylic acids is 1. The number of thioether (sulfide) groups is 1. The number of aliphatic imine (C=N–C) groups is 1. The lowest BCUT2D eigenvalue weighted by atomic mass is 10.1. The van der Waals surface area contributed by atoms with Crippen LogP contribution in [0.4, 0.5) is 4.39 Å². The number of rotatable bonds is 3. The van der Waals surface area contributed by atoms with Gasteiger partial charge in [-0.2, -0.15) is 15.1 Å². The Morgan fingerprint density at radius 1 is 1.25 bits per heavy atom. The second-order valence-electron chi connectivity index (χ2n) is 7.16. The third-order valence-corrected chi connectivity index (χ3v) is 6.33. The topological polar surface area (TPSA) is 87.0 Å². The normalized spacial score (nSPS) is 17.1. The van der Waals surface area contributed by atoms with Gasteiger partial charge < -0.3 is 8.98 Å². The first kappa shape index (κ1) is 20.5. The van der Waals surface area contributed by atoms with E-state index in [-0.39, 0.29) is 16.4 Å². The molecule has 1 N–H and O–H groups in total. The highest BCUT2D eigenvalue weighted by Crippen LogP contribution is 2.32. The number of fused-ring (bicyclic) bond motifs is 1. The van der Waals surface area contributed by atoms with Gasteiger partial charge in [0.25, 0.3) is 5.91 Å². The lowest BCUT2D eigenvalue weighted by molar-refractivity contribution is -0.114. The molecule has 0 spiro atoms. The fraction of sp³-hybridized carbons (Fsp3) is 0.0909. The maximum absolute atomic E-state index is 13.6. The van der Waals surface area contributed by atoms with Gasteiger partial charge in [-0.15, -0.1) is 0 Å². The van der Waals surface area contributed by atoms with Crippen LogP contribution in [0.3, 0.4) is 0 Å². The Hall–Kier alpha value is -3.43. The van der Waals surface area contributed by atoms with E-state index >= 15 is 0 Å². The summed E-state index contributed by atoms with van der Waals surface area (Å²) in [6, 6.07) is 9.87. The van der Waals surface area contributed by atoms with Crippen LogP contribution in [0.5, 0.6) is 0 Å². The van der Waals surface area contributed by atoms with Crippen LogP contribution < -0.4 is 0 Å². The zero-order valence-corrected chi connectivity index (χ0v) is 18.5. The maximum Gasteiger partial charge on any atom is 0.283 e. The summed E-state index contributed by atoms with van der Waals surface area (Å²) in [4.78, 5) is 16.8. The van der Waals surface area contributed by atoms with E-state index < -0.39 is 11.7 Å². The van der Waals surface area contributed by atoms with Crippen molar-refractivity contribution in [2.75, 3.05) is 0 Å². The lowest BCUT2D eigenvalue weighted by Gasteiger charge is -2.20. The Balaban J connectivity index is 1.53. The highest BCUT2D eigenvalue weighted by atomic mass is 35.5. The molecular weight excluding hydrogens is 453 g/mol. The van der Waals surface area contributed by atoms with Crippen LogP contribution >= 0.6 is 23.4 Å². The Morgan fingerprint density at radius 2 is 2.06 bits per heavy atom. The molecule has 1 aromatic carbocycles. The van der Waals surface area contributed by atoms with E-state index in [1.165, 1.54) is 29.1 Å². The van der Waals surface area contributed by atoms with Crippen LogP contribution in [0.25, 0.3) is 11.8 Å². The molecule has 0 radical (unpaired) electrons. The summed E-state index contributed by atoms with van der Waals surface area (Å²) in [6.45, 7) is 3.77. The van der Waals surface area contributed by atoms with Gasteiger partial charge in [0.1, 0.15) is 5.82 Å². The van der Waals surface area contributed by atoms with E-state index in [1.54, 1.807) is 30.3 Å². The fourth-order valence-electron chi connectivity index (χ4n) is 3.60. The van der Waals surface area contributed by atoms with Gasteiger partial charge in [-0.25, -0.2) is 4.39 Å². The molecule has 4 heterocycles. The number of hydrazone groups is 1. The van der Waals surface area contributed by atoms with Crippen molar-refractivity contribution in [2.24, 2.45) is 10.1 Å². The molecule has 10 heteroatoms. The molecule has 0 fully saturated rings. The maximum atomic E-state index is 13.6. The predicted molar refractivity (Wildman–Crippen MR) is 123 cm³/mol. The fourth-order valence-corrected chi connectivity index (χ4v) is 4.64. The Labute approximate surface area is 191 Å². The van der Waals surface area contributed by atoms with Crippen LogP contribution in [-0.2, 0) is 4.79 Å². The van der Waals surface area contributed by atoms with Crippen LogP contribution in [0, 0.1) is 25.1 Å². The third kappa shape index (κ3) is 3.30. The second kappa shape index (κ2) is 7.61. The quantitative estimate of drug-likeness (QED) is 0.540. The molecule has 0 atom stereocenters. The molecule has 160 valence electrons. The van der Waals surface area contributed by atoms with Crippen LogP contribution in [0.15, 0.2) is 62.7 Å². The standard InChI is InChI=1S/C22H15ClFN5O2S/c1-11-8-13(12(2)28(11)14-5-6-17(24)16(23)10-14)9-15-19(25)29-22(26-20(15)30)32-21(27-29)18-4-3-7-31-18/h3-10,25H,1-2H3/b15-9+,25-19?. The van der Waals surface area contributed by atoms with Gasteiger partial charge in [-0.05, 0) is 73.6 Å². The SMILES string of the molecule is Cc1cc(/C=C2\C(=N)N3N=C(c4ccco4)SC3=NC2=O)c(C)n1-c1ccc(F)c(Cl)c1. The molecule has 0 saturated carbocycles. The number of nitrogens with one attached hydrogen (secondary N) is 1. The van der Waals surface area contributed by atoms with Crippen LogP contribution in [-0.4, -0.2) is 31.5 Å². The van der Waals surface area contributed by atoms with Crippen molar-refractivity contribution in [3.05, 3.63) is 81.8 Å². The molecule has 1 amide bonds. The second-order valence-corrected chi connectivity index (χ2v) is 8.53. The minimum Gasteiger partial charge on any atom is -0.462 e. The number of carbonyl (C=O) groups is 1. The van der Waals surface area contributed by atoms with E-state index in [1.807, 2.05) is 24.5 Å². The van der Waals surface area contributed by atoms with Gasteiger partial charge in [0.15, 0.2) is 16.6 Å². The van der Waals surface area contributed by atoms with E-state index in [2.05, 4.69) is 10.1 Å². The van der Waals surface area contributed by atoms with E-state index in [0.29, 0.717) is 21.7 Å². The minimum absolute atomic E-state index is 0.0257. The summed E-state index contributed by atoms with van der Waals surface area (Å²) >= 11 is 7.13. The highest BCUT2D eigenvalue weighted by molar-refractivity contribution is 8.27. The zero-order valence-electron chi connectivity index (χ0n) is 16.9. The first-order valence-corrected chi connectivity index (χ1v) is 10.7. The van der Waals surface area contributed by atoms with E-state index in [9.17, 15) is 9.18 Å². The molecule has 0 aliphatic carbocycles. The number of aryl methyl sites for hydroxylation is 1. The number of amides is 1. The van der Waals surface area contributed by atoms with Gasteiger partial charge >= 0.3 is 0 Å². The predicted octanol–water partition coefficient (Wildman–Crippen LogP) is 5.15. The monoisotopic (exact) mass is 467 g/mol. The number of furan rings is 1. The molecule has 3 aromatic rings. The average molecular weight is 468 g/mol. The van der Waals surface area contributed by atoms with Gasteiger partial charge in [-0.3, -0.25) is 10.2 Å². The van der Waals surface area contributed by atoms with Crippen LogP contribution in [0.2, 0.25) is 5.02 Å². The van der Waals surface area contributed by atoms with Crippen molar-refractivity contribution in [1.29, 1.82) is 5.41 Å². The van der Waals surface area contributed by atoms with Gasteiger partial charge in [0.05, 0.1) is 16.9 Å². The molecule has 32 heavy (non-hydrogen) atoms. The number of amidine groups is 2. The van der Waals surface area contributed by atoms with Crippen molar-refractivity contribution in [3.63, 3.8) is 0 Å². The molecule has 0 bridgehead atoms. The van der Waals surface area contributed by atoms with Gasteiger partial charge in [-0.1, -0.05) is 11.6 Å². The van der Waals surface area contributed by atoms with Crippen molar-refractivity contribution >= 4 is 51.4 Å². The molecule has 2 aliphatic rings. The molecule has 5 rings (SSSR count). The Bertz CT molecular complexity index is 1390. The molecule has 7 nitrogen and oxygen atoms in total. The van der Waals surface area contributed by atoms with Crippen molar-refractivity contribution in [1.82, 2.24) is 9.58 Å². The number of benzene rings is 1. The molecule has 2 aromatic heterocycles. The summed E-state index contributed by atoms with van der Waals surface area (Å²) in [7, 11) is 0. The van der Waals surface area contributed by atoms with Gasteiger partial charge in [0, 0.05) is 17.1 Å². The number of hydrogen-bond acceptors (Lipinski definition) is 5. The first-order valence-electron chi connectivity index (χ1n) is 9.52. The number of halogens is 2. The Morgan fingerprint density at radius 3 is 2.78 bits per heavy atom. The van der Waals surface area contributed by atoms with Gasteiger partial charge in [0.2, 0.25) is 5.17 Å². The largest absolute Gasteiger partial charge is 0.462 e. The number of nitrogens with zero attached hydrogens (tertiary/aromatic N) is 4. The van der Waals surface area contributed by atoms with Crippen molar-refractivity contribution in [2.45, 2.75) is 13.8 Å². The van der Waals surface area contributed by atoms with Crippen molar-refractivity contribution in [3.8, 4) is 5.69 Å².